The first kappa shape index (κ1) is 12.6. The number of nitrogens with zero attached hydrogens (tertiary/aromatic N) is 2. The van der Waals surface area contributed by atoms with Crippen LogP contribution >= 0.6 is 0 Å². The van der Waals surface area contributed by atoms with Crippen LogP contribution in [0.1, 0.15) is 33.3 Å². The van der Waals surface area contributed by atoms with Crippen molar-refractivity contribution in [2.24, 2.45) is 0 Å². The van der Waals surface area contributed by atoms with Gasteiger partial charge in [-0.15, -0.1) is 0 Å². The Morgan fingerprint density at radius 3 is 2.37 bits per heavy atom. The first-order chi connectivity index (χ1) is 8.82. The van der Waals surface area contributed by atoms with Crippen molar-refractivity contribution in [2.75, 3.05) is 0 Å². The molecule has 0 unspecified atom stereocenters. The van der Waals surface area contributed by atoms with Gasteiger partial charge in [-0.25, -0.2) is 0 Å². The minimum absolute atomic E-state index is 0.340. The van der Waals surface area contributed by atoms with Crippen molar-refractivity contribution in [3.05, 3.63) is 18.0 Å². The van der Waals surface area contributed by atoms with Crippen LogP contribution in [0.5, 0.6) is 0 Å². The number of hydrogen-bond acceptors (Lipinski definition) is 4. The summed E-state index contributed by atoms with van der Waals surface area (Å²) in [7, 11) is -0.384. The Morgan fingerprint density at radius 2 is 1.74 bits per heavy atom. The van der Waals surface area contributed by atoms with Crippen molar-refractivity contribution in [1.29, 1.82) is 0 Å². The minimum Gasteiger partial charge on any atom is -0.399 e. The average Bonchev–Trinajstić information content (AvgIpc) is 2.83. The van der Waals surface area contributed by atoms with Gasteiger partial charge < -0.3 is 9.31 Å². The molecular formula is C13H18BN3O2. The molecule has 5 nitrogen and oxygen atoms in total. The Kier molecular flexibility index (Phi) is 2.53. The number of hydrogen-bond donors (Lipinski definition) is 1. The summed E-state index contributed by atoms with van der Waals surface area (Å²) in [6, 6.07) is 0. The molecule has 1 aliphatic heterocycles. The van der Waals surface area contributed by atoms with Crippen LogP contribution in [0.3, 0.4) is 0 Å². The normalized spacial score (nSPS) is 21.2. The second-order valence-corrected chi connectivity index (χ2v) is 6.06. The van der Waals surface area contributed by atoms with Gasteiger partial charge in [0.25, 0.3) is 0 Å². The molecule has 0 aliphatic carbocycles. The van der Waals surface area contributed by atoms with Crippen molar-refractivity contribution >= 4 is 23.6 Å². The molecule has 1 N–H and O–H groups in total. The van der Waals surface area contributed by atoms with E-state index in [4.69, 9.17) is 9.31 Å². The predicted octanol–water partition coefficient (Wildman–Crippen LogP) is 1.57. The standard InChI is InChI=1S/C13H18BN3O2/c1-8-9(6-15-10-7-16-17-11(8)10)14-18-12(2,3)13(4,5)19-14/h6-7H,1-5H3,(H,16,17). The summed E-state index contributed by atoms with van der Waals surface area (Å²) in [6.45, 7) is 10.2. The third-order valence-electron chi connectivity index (χ3n) is 4.28. The Bertz CT molecular complexity index is 620. The van der Waals surface area contributed by atoms with Crippen LogP contribution in [-0.4, -0.2) is 33.5 Å². The average molecular weight is 259 g/mol. The fourth-order valence-electron chi connectivity index (χ4n) is 2.24. The number of aromatic amines is 1. The summed E-state index contributed by atoms with van der Waals surface area (Å²) < 4.78 is 12.1. The lowest BCUT2D eigenvalue weighted by atomic mass is 9.77. The summed E-state index contributed by atoms with van der Waals surface area (Å²) in [5, 5.41) is 6.99. The summed E-state index contributed by atoms with van der Waals surface area (Å²) >= 11 is 0. The molecule has 1 aliphatic rings. The summed E-state index contributed by atoms with van der Waals surface area (Å²) in [5.74, 6) is 0. The van der Waals surface area contributed by atoms with Gasteiger partial charge in [-0.1, -0.05) is 0 Å². The molecule has 3 heterocycles. The third-order valence-corrected chi connectivity index (χ3v) is 4.28. The highest BCUT2D eigenvalue weighted by atomic mass is 16.7. The molecule has 0 spiro atoms. The lowest BCUT2D eigenvalue weighted by Gasteiger charge is -2.32. The number of rotatable bonds is 1. The van der Waals surface area contributed by atoms with Gasteiger partial charge in [0.15, 0.2) is 0 Å². The SMILES string of the molecule is Cc1c(B2OC(C)(C)C(C)(C)O2)cnc2cn[nH]c12. The highest BCUT2D eigenvalue weighted by Crippen LogP contribution is 2.36. The molecule has 0 atom stereocenters. The van der Waals surface area contributed by atoms with Crippen LogP contribution in [-0.2, 0) is 9.31 Å². The van der Waals surface area contributed by atoms with E-state index in [2.05, 4.69) is 15.2 Å². The van der Waals surface area contributed by atoms with Gasteiger partial charge in [0.2, 0.25) is 0 Å². The van der Waals surface area contributed by atoms with E-state index in [1.165, 1.54) is 0 Å². The number of nitrogens with one attached hydrogen (secondary N) is 1. The number of aromatic nitrogens is 3. The Labute approximate surface area is 112 Å². The van der Waals surface area contributed by atoms with E-state index in [0.29, 0.717) is 0 Å². The largest absolute Gasteiger partial charge is 0.496 e. The fraction of sp³-hybridized carbons (Fsp3) is 0.538. The van der Waals surface area contributed by atoms with Crippen molar-refractivity contribution in [3.8, 4) is 0 Å². The fourth-order valence-corrected chi connectivity index (χ4v) is 2.24. The molecule has 3 rings (SSSR count). The van der Waals surface area contributed by atoms with E-state index in [-0.39, 0.29) is 18.3 Å². The van der Waals surface area contributed by atoms with Gasteiger partial charge in [0, 0.05) is 11.7 Å². The third kappa shape index (κ3) is 1.78. The van der Waals surface area contributed by atoms with Crippen molar-refractivity contribution < 1.29 is 9.31 Å². The van der Waals surface area contributed by atoms with Crippen LogP contribution in [0.15, 0.2) is 12.4 Å². The second kappa shape index (κ2) is 3.80. The Morgan fingerprint density at radius 1 is 1.11 bits per heavy atom. The Hall–Kier alpha value is -1.40. The molecule has 19 heavy (non-hydrogen) atoms. The molecule has 0 saturated carbocycles. The van der Waals surface area contributed by atoms with Gasteiger partial charge in [-0.05, 0) is 40.2 Å². The van der Waals surface area contributed by atoms with Crippen LogP contribution in [0.25, 0.3) is 11.0 Å². The minimum atomic E-state index is -0.384. The van der Waals surface area contributed by atoms with E-state index < -0.39 is 0 Å². The first-order valence-corrected chi connectivity index (χ1v) is 6.46. The first-order valence-electron chi connectivity index (χ1n) is 6.46. The smallest absolute Gasteiger partial charge is 0.399 e. The van der Waals surface area contributed by atoms with Crippen molar-refractivity contribution in [3.63, 3.8) is 0 Å². The number of aryl methyl sites for hydroxylation is 1. The highest BCUT2D eigenvalue weighted by Gasteiger charge is 2.52. The summed E-state index contributed by atoms with van der Waals surface area (Å²) in [5.41, 5.74) is 3.14. The maximum Gasteiger partial charge on any atom is 0.496 e. The van der Waals surface area contributed by atoms with Crippen LogP contribution in [0.2, 0.25) is 0 Å². The predicted molar refractivity (Wildman–Crippen MR) is 74.3 cm³/mol. The molecule has 0 aromatic carbocycles. The molecule has 1 saturated heterocycles. The Balaban J connectivity index is 2.04. The summed E-state index contributed by atoms with van der Waals surface area (Å²) in [6.07, 6.45) is 3.53. The van der Waals surface area contributed by atoms with Crippen LogP contribution in [0, 0.1) is 6.92 Å². The van der Waals surface area contributed by atoms with Crippen LogP contribution in [0.4, 0.5) is 0 Å². The van der Waals surface area contributed by atoms with Gasteiger partial charge >= 0.3 is 7.12 Å². The van der Waals surface area contributed by atoms with E-state index in [0.717, 1.165) is 22.1 Å². The van der Waals surface area contributed by atoms with Gasteiger partial charge in [-0.3, -0.25) is 10.1 Å². The zero-order chi connectivity index (χ0) is 13.8. The number of fused-ring (bicyclic) bond motifs is 1. The van der Waals surface area contributed by atoms with E-state index in [9.17, 15) is 0 Å². The highest BCUT2D eigenvalue weighted by molar-refractivity contribution is 6.62. The lowest BCUT2D eigenvalue weighted by Crippen LogP contribution is -2.41. The van der Waals surface area contributed by atoms with Crippen LogP contribution < -0.4 is 5.46 Å². The molecule has 0 bridgehead atoms. The summed E-state index contributed by atoms with van der Waals surface area (Å²) in [4.78, 5) is 4.39. The van der Waals surface area contributed by atoms with Gasteiger partial charge in [0.05, 0.1) is 22.9 Å². The molecule has 100 valence electrons. The topological polar surface area (TPSA) is 60.0 Å². The van der Waals surface area contributed by atoms with Crippen molar-refractivity contribution in [2.45, 2.75) is 45.8 Å². The molecule has 0 radical (unpaired) electrons. The second-order valence-electron chi connectivity index (χ2n) is 6.06. The lowest BCUT2D eigenvalue weighted by molar-refractivity contribution is 0.00578. The van der Waals surface area contributed by atoms with E-state index >= 15 is 0 Å². The molecule has 1 fully saturated rings. The van der Waals surface area contributed by atoms with Crippen molar-refractivity contribution in [1.82, 2.24) is 15.2 Å². The maximum atomic E-state index is 6.06. The zero-order valence-corrected chi connectivity index (χ0v) is 11.9. The van der Waals surface area contributed by atoms with E-state index in [1.807, 2.05) is 40.8 Å². The zero-order valence-electron chi connectivity index (χ0n) is 11.9. The molecule has 2 aromatic rings. The monoisotopic (exact) mass is 259 g/mol. The molecular weight excluding hydrogens is 241 g/mol. The van der Waals surface area contributed by atoms with E-state index in [1.54, 1.807) is 6.20 Å². The quantitative estimate of drug-likeness (QED) is 0.789. The number of H-pyrrole nitrogens is 1. The van der Waals surface area contributed by atoms with Gasteiger partial charge in [0.1, 0.15) is 5.52 Å². The van der Waals surface area contributed by atoms with Gasteiger partial charge in [-0.2, -0.15) is 5.10 Å². The maximum absolute atomic E-state index is 6.06. The molecule has 0 amide bonds. The number of pyridine rings is 1. The molecule has 6 heteroatoms. The molecule has 2 aromatic heterocycles.